The van der Waals surface area contributed by atoms with Gasteiger partial charge in [-0.2, -0.15) is 0 Å². The van der Waals surface area contributed by atoms with E-state index in [9.17, 15) is 0 Å². The molecule has 2 rings (SSSR count). The molecule has 0 spiro atoms. The minimum Gasteiger partial charge on any atom is -0.423 e. The van der Waals surface area contributed by atoms with Crippen LogP contribution in [0.3, 0.4) is 0 Å². The van der Waals surface area contributed by atoms with E-state index in [1.165, 1.54) is 0 Å². The van der Waals surface area contributed by atoms with Gasteiger partial charge in [-0.1, -0.05) is 57.5 Å². The molecule has 18 heavy (non-hydrogen) atoms. The lowest BCUT2D eigenvalue weighted by molar-refractivity contribution is 0.426. The van der Waals surface area contributed by atoms with Gasteiger partial charge in [0.1, 0.15) is 5.15 Å². The maximum Gasteiger partial charge on any atom is 0.488 e. The van der Waals surface area contributed by atoms with Crippen molar-refractivity contribution >= 4 is 35.0 Å². The number of aromatic nitrogens is 1. The molecule has 1 heterocycles. The number of pyridine rings is 1. The highest BCUT2D eigenvalue weighted by molar-refractivity contribution is 6.59. The molecule has 0 atom stereocenters. The van der Waals surface area contributed by atoms with Crippen LogP contribution in [0.4, 0.5) is 0 Å². The van der Waals surface area contributed by atoms with Crippen molar-refractivity contribution in [1.29, 1.82) is 0 Å². The summed E-state index contributed by atoms with van der Waals surface area (Å²) >= 11 is 5.86. The summed E-state index contributed by atoms with van der Waals surface area (Å²) in [6.07, 6.45) is 1.61. The van der Waals surface area contributed by atoms with Crippen LogP contribution in [0.25, 0.3) is 10.8 Å². The predicted molar refractivity (Wildman–Crippen MR) is 79.3 cm³/mol. The Bertz CT molecular complexity index is 477. The molecular weight excluding hydrogens is 248 g/mol. The Balaban J connectivity index is 0.000000659. The Morgan fingerprint density at radius 1 is 1.06 bits per heavy atom. The van der Waals surface area contributed by atoms with Gasteiger partial charge in [0.25, 0.3) is 0 Å². The van der Waals surface area contributed by atoms with Crippen LogP contribution < -0.4 is 5.46 Å². The van der Waals surface area contributed by atoms with Crippen molar-refractivity contribution in [3.63, 3.8) is 0 Å². The van der Waals surface area contributed by atoms with Crippen molar-refractivity contribution < 1.29 is 10.0 Å². The molecule has 2 aromatic rings. The van der Waals surface area contributed by atoms with Gasteiger partial charge in [0.05, 0.1) is 0 Å². The van der Waals surface area contributed by atoms with Crippen LogP contribution in [0, 0.1) is 0 Å². The second kappa shape index (κ2) is 8.92. The van der Waals surface area contributed by atoms with E-state index in [2.05, 4.69) is 4.98 Å². The van der Waals surface area contributed by atoms with E-state index in [0.29, 0.717) is 10.6 Å². The van der Waals surface area contributed by atoms with E-state index in [-0.39, 0.29) is 0 Å². The van der Waals surface area contributed by atoms with Gasteiger partial charge in [0.2, 0.25) is 0 Å². The molecule has 1 aromatic carbocycles. The lowest BCUT2D eigenvalue weighted by Gasteiger charge is -2.02. The number of hydrogen-bond donors (Lipinski definition) is 2. The summed E-state index contributed by atoms with van der Waals surface area (Å²) in [6.45, 7) is 8.00. The fraction of sp³-hybridized carbons (Fsp3) is 0.308. The van der Waals surface area contributed by atoms with E-state index >= 15 is 0 Å². The molecule has 98 valence electrons. The fourth-order valence-electron chi connectivity index (χ4n) is 1.31. The van der Waals surface area contributed by atoms with Crippen LogP contribution >= 0.6 is 11.6 Å². The number of nitrogens with zero attached hydrogens (tertiary/aromatic N) is 1. The van der Waals surface area contributed by atoms with Crippen LogP contribution in [0.1, 0.15) is 27.7 Å². The molecule has 0 bridgehead atoms. The number of halogens is 1. The first-order valence-electron chi connectivity index (χ1n) is 6.09. The number of rotatable bonds is 1. The molecule has 1 aromatic heterocycles. The van der Waals surface area contributed by atoms with E-state index in [4.69, 9.17) is 21.6 Å². The van der Waals surface area contributed by atoms with Crippen molar-refractivity contribution in [2.75, 3.05) is 0 Å². The zero-order valence-electron chi connectivity index (χ0n) is 11.2. The highest BCUT2D eigenvalue weighted by atomic mass is 35.5. The molecule has 0 aliphatic heterocycles. The first-order chi connectivity index (χ1) is 8.68. The van der Waals surface area contributed by atoms with Crippen LogP contribution in [0.5, 0.6) is 0 Å². The van der Waals surface area contributed by atoms with Gasteiger partial charge >= 0.3 is 7.12 Å². The fourth-order valence-corrected chi connectivity index (χ4v) is 1.53. The van der Waals surface area contributed by atoms with Gasteiger partial charge in [-0.15, -0.1) is 0 Å². The average Bonchev–Trinajstić information content (AvgIpc) is 2.43. The van der Waals surface area contributed by atoms with E-state index in [1.54, 1.807) is 24.4 Å². The van der Waals surface area contributed by atoms with Crippen molar-refractivity contribution in [3.05, 3.63) is 35.6 Å². The minimum atomic E-state index is -1.48. The Hall–Kier alpha value is -1.10. The van der Waals surface area contributed by atoms with Crippen molar-refractivity contribution in [1.82, 2.24) is 4.98 Å². The van der Waals surface area contributed by atoms with Gasteiger partial charge in [-0.25, -0.2) is 4.98 Å². The molecule has 0 radical (unpaired) electrons. The predicted octanol–water partition coefficient (Wildman–Crippen LogP) is 2.62. The van der Waals surface area contributed by atoms with Crippen LogP contribution in [-0.4, -0.2) is 22.2 Å². The Kier molecular flexibility index (Phi) is 8.38. The maximum absolute atomic E-state index is 8.97. The largest absolute Gasteiger partial charge is 0.488 e. The van der Waals surface area contributed by atoms with Gasteiger partial charge in [0, 0.05) is 11.6 Å². The summed E-state index contributed by atoms with van der Waals surface area (Å²) in [5.74, 6) is 0. The maximum atomic E-state index is 8.97. The highest BCUT2D eigenvalue weighted by Gasteiger charge is 2.11. The lowest BCUT2D eigenvalue weighted by Crippen LogP contribution is -2.29. The number of benzene rings is 1. The number of fused-ring (bicyclic) bond motifs is 1. The van der Waals surface area contributed by atoms with Crippen LogP contribution in [-0.2, 0) is 0 Å². The molecule has 0 aliphatic rings. The van der Waals surface area contributed by atoms with Crippen molar-refractivity contribution in [3.8, 4) is 0 Å². The third-order valence-corrected chi connectivity index (χ3v) is 2.34. The monoisotopic (exact) mass is 267 g/mol. The third kappa shape index (κ3) is 4.29. The van der Waals surface area contributed by atoms with Gasteiger partial charge in [0.15, 0.2) is 0 Å². The summed E-state index contributed by atoms with van der Waals surface area (Å²) in [5.41, 5.74) is 0.410. The van der Waals surface area contributed by atoms with E-state index in [0.717, 1.165) is 10.8 Å². The number of hydrogen-bond acceptors (Lipinski definition) is 3. The first kappa shape index (κ1) is 16.9. The van der Waals surface area contributed by atoms with Gasteiger partial charge in [-0.05, 0) is 16.9 Å². The standard InChI is InChI=1S/C9H7BClNO2.2C2H6/c11-9-8-5-7(10(13)14)2-1-6(8)3-4-12-9;2*1-2/h1-5,13-14H;2*1-2H3. The molecule has 0 aliphatic carbocycles. The smallest absolute Gasteiger partial charge is 0.423 e. The van der Waals surface area contributed by atoms with Gasteiger partial charge in [-0.3, -0.25) is 0 Å². The third-order valence-electron chi connectivity index (χ3n) is 2.04. The Morgan fingerprint density at radius 2 is 1.67 bits per heavy atom. The Labute approximate surface area is 114 Å². The molecule has 0 unspecified atom stereocenters. The highest BCUT2D eigenvalue weighted by Crippen LogP contribution is 2.19. The molecule has 0 amide bonds. The summed E-state index contributed by atoms with van der Waals surface area (Å²) in [5, 5.41) is 19.9. The zero-order valence-corrected chi connectivity index (χ0v) is 11.9. The molecule has 0 fully saturated rings. The summed E-state index contributed by atoms with van der Waals surface area (Å²) in [4.78, 5) is 3.91. The van der Waals surface area contributed by atoms with E-state index in [1.807, 2.05) is 33.8 Å². The molecule has 0 saturated heterocycles. The quantitative estimate of drug-likeness (QED) is 0.617. The summed E-state index contributed by atoms with van der Waals surface area (Å²) in [6, 6.07) is 6.85. The van der Waals surface area contributed by atoms with E-state index < -0.39 is 7.12 Å². The normalized spacial score (nSPS) is 8.83. The van der Waals surface area contributed by atoms with Gasteiger partial charge < -0.3 is 10.0 Å². The van der Waals surface area contributed by atoms with Crippen molar-refractivity contribution in [2.45, 2.75) is 27.7 Å². The van der Waals surface area contributed by atoms with Crippen molar-refractivity contribution in [2.24, 2.45) is 0 Å². The Morgan fingerprint density at radius 3 is 2.22 bits per heavy atom. The first-order valence-corrected chi connectivity index (χ1v) is 6.46. The minimum absolute atomic E-state index is 0.366. The second-order valence-corrected chi connectivity index (χ2v) is 3.31. The SMILES string of the molecule is CC.CC.OB(O)c1ccc2ccnc(Cl)c2c1. The lowest BCUT2D eigenvalue weighted by atomic mass is 9.79. The van der Waals surface area contributed by atoms with Crippen LogP contribution in [0.15, 0.2) is 30.5 Å². The summed E-state index contributed by atoms with van der Waals surface area (Å²) < 4.78 is 0. The summed E-state index contributed by atoms with van der Waals surface area (Å²) in [7, 11) is -1.48. The molecule has 0 saturated carbocycles. The molecule has 3 nitrogen and oxygen atoms in total. The molecule has 2 N–H and O–H groups in total. The second-order valence-electron chi connectivity index (χ2n) is 2.96. The molecular formula is C13H19BClNO2. The zero-order chi connectivity index (χ0) is 14.1. The topological polar surface area (TPSA) is 53.4 Å². The van der Waals surface area contributed by atoms with Crippen LogP contribution in [0.2, 0.25) is 5.15 Å². The molecule has 5 heteroatoms. The average molecular weight is 268 g/mol.